The van der Waals surface area contributed by atoms with E-state index in [-0.39, 0.29) is 11.3 Å². The molecule has 0 amide bonds. The fourth-order valence-corrected chi connectivity index (χ4v) is 2.80. The molecule has 0 saturated carbocycles. The molecule has 0 aliphatic rings. The Morgan fingerprint density at radius 2 is 1.92 bits per heavy atom. The van der Waals surface area contributed by atoms with Crippen molar-refractivity contribution in [2.45, 2.75) is 6.04 Å². The van der Waals surface area contributed by atoms with E-state index in [1.807, 2.05) is 0 Å². The van der Waals surface area contributed by atoms with Gasteiger partial charge in [0, 0.05) is 17.3 Å². The molecule has 3 aromatic rings. The molecule has 0 radical (unpaired) electrons. The van der Waals surface area contributed by atoms with Gasteiger partial charge in [0.1, 0.15) is 5.82 Å². The number of halogens is 1. The zero-order valence-electron chi connectivity index (χ0n) is 14.0. The van der Waals surface area contributed by atoms with Crippen LogP contribution in [0.15, 0.2) is 36.5 Å². The lowest BCUT2D eigenvalue weighted by molar-refractivity contribution is -0.138. The van der Waals surface area contributed by atoms with Crippen LogP contribution >= 0.6 is 0 Å². The average Bonchev–Trinajstić information content (AvgIpc) is 3.03. The van der Waals surface area contributed by atoms with Crippen LogP contribution in [0.5, 0.6) is 17.4 Å². The molecular formula is C18H17FN2O5. The number of H-pyrrole nitrogens is 1. The first kappa shape index (κ1) is 17.4. The zero-order chi connectivity index (χ0) is 18.8. The number of hydrogen-bond acceptors (Lipinski definition) is 5. The molecule has 0 bridgehead atoms. The first-order chi connectivity index (χ1) is 12.5. The first-order valence-corrected chi connectivity index (χ1v) is 7.66. The number of carboxylic acids is 1. The molecule has 4 N–H and O–H groups in total. The fraction of sp³-hybridized carbons (Fsp3) is 0.167. The van der Waals surface area contributed by atoms with Crippen LogP contribution in [0, 0.1) is 5.82 Å². The molecular weight excluding hydrogens is 343 g/mol. The highest BCUT2D eigenvalue weighted by molar-refractivity contribution is 5.98. The topological polar surface area (TPSA) is 104 Å². The second kappa shape index (κ2) is 6.83. The number of anilines is 1. The van der Waals surface area contributed by atoms with Crippen LogP contribution in [-0.4, -0.2) is 35.4 Å². The zero-order valence-corrected chi connectivity index (χ0v) is 14.0. The van der Waals surface area contributed by atoms with Gasteiger partial charge in [-0.1, -0.05) is 6.07 Å². The Morgan fingerprint density at radius 3 is 2.58 bits per heavy atom. The van der Waals surface area contributed by atoms with Crippen molar-refractivity contribution in [2.24, 2.45) is 0 Å². The van der Waals surface area contributed by atoms with E-state index in [2.05, 4.69) is 10.3 Å². The van der Waals surface area contributed by atoms with Crippen LogP contribution < -0.4 is 14.8 Å². The summed E-state index contributed by atoms with van der Waals surface area (Å²) in [5.74, 6) is -1.20. The van der Waals surface area contributed by atoms with Crippen molar-refractivity contribution in [1.29, 1.82) is 0 Å². The highest BCUT2D eigenvalue weighted by Crippen LogP contribution is 2.35. The Hall–Kier alpha value is -3.42. The predicted molar refractivity (Wildman–Crippen MR) is 93.5 cm³/mol. The summed E-state index contributed by atoms with van der Waals surface area (Å²) in [5.41, 5.74) is 0.785. The minimum atomic E-state index is -1.13. The van der Waals surface area contributed by atoms with Gasteiger partial charge in [-0.2, -0.15) is 0 Å². The van der Waals surface area contributed by atoms with Crippen molar-refractivity contribution >= 4 is 22.4 Å². The molecule has 3 rings (SSSR count). The summed E-state index contributed by atoms with van der Waals surface area (Å²) in [4.78, 5) is 14.3. The lowest BCUT2D eigenvalue weighted by Crippen LogP contribution is -2.20. The highest BCUT2D eigenvalue weighted by atomic mass is 19.1. The maximum Gasteiger partial charge on any atom is 0.330 e. The predicted octanol–water partition coefficient (Wildman–Crippen LogP) is 3.27. The number of rotatable bonds is 6. The lowest BCUT2D eigenvalue weighted by Gasteiger charge is -2.18. The number of ether oxygens (including phenoxy) is 2. The van der Waals surface area contributed by atoms with Gasteiger partial charge in [-0.25, -0.2) is 9.18 Å². The highest BCUT2D eigenvalue weighted by Gasteiger charge is 2.23. The third-order valence-electron chi connectivity index (χ3n) is 4.07. The van der Waals surface area contributed by atoms with Crippen molar-refractivity contribution in [3.8, 4) is 17.4 Å². The van der Waals surface area contributed by atoms with E-state index >= 15 is 0 Å². The van der Waals surface area contributed by atoms with Crippen LogP contribution in [0.1, 0.15) is 11.6 Å². The minimum Gasteiger partial charge on any atom is -0.494 e. The number of aliphatic carboxylic acids is 1. The van der Waals surface area contributed by atoms with Gasteiger partial charge in [-0.05, 0) is 29.8 Å². The van der Waals surface area contributed by atoms with Gasteiger partial charge in [0.15, 0.2) is 23.4 Å². The van der Waals surface area contributed by atoms with Crippen LogP contribution in [0.2, 0.25) is 0 Å². The van der Waals surface area contributed by atoms with E-state index in [0.717, 1.165) is 6.07 Å². The maximum atomic E-state index is 13.9. The molecule has 26 heavy (non-hydrogen) atoms. The second-order valence-electron chi connectivity index (χ2n) is 5.55. The first-order valence-electron chi connectivity index (χ1n) is 7.66. The molecule has 0 aliphatic heterocycles. The monoisotopic (exact) mass is 360 g/mol. The summed E-state index contributed by atoms with van der Waals surface area (Å²) in [6, 6.07) is 6.21. The number of benzene rings is 2. The Labute approximate surface area is 148 Å². The molecule has 0 saturated heterocycles. The fourth-order valence-electron chi connectivity index (χ4n) is 2.80. The summed E-state index contributed by atoms with van der Waals surface area (Å²) in [5, 5.41) is 22.6. The van der Waals surface area contributed by atoms with Gasteiger partial charge >= 0.3 is 5.97 Å². The van der Waals surface area contributed by atoms with E-state index in [0.29, 0.717) is 28.1 Å². The lowest BCUT2D eigenvalue weighted by atomic mass is 10.0. The van der Waals surface area contributed by atoms with E-state index in [4.69, 9.17) is 9.47 Å². The van der Waals surface area contributed by atoms with Crippen LogP contribution in [0.25, 0.3) is 10.8 Å². The van der Waals surface area contributed by atoms with Crippen molar-refractivity contribution < 1.29 is 28.9 Å². The van der Waals surface area contributed by atoms with Crippen LogP contribution in [-0.2, 0) is 4.79 Å². The van der Waals surface area contributed by atoms with Gasteiger partial charge in [-0.3, -0.25) is 0 Å². The molecule has 0 aliphatic carbocycles. The number of aromatic hydroxyl groups is 1. The molecule has 1 heterocycles. The van der Waals surface area contributed by atoms with E-state index in [1.54, 1.807) is 18.2 Å². The smallest absolute Gasteiger partial charge is 0.330 e. The molecule has 2 aromatic carbocycles. The van der Waals surface area contributed by atoms with Crippen molar-refractivity contribution in [3.05, 3.63) is 47.9 Å². The molecule has 0 spiro atoms. The number of hydrogen-bond donors (Lipinski definition) is 4. The van der Waals surface area contributed by atoms with E-state index in [9.17, 15) is 19.4 Å². The maximum absolute atomic E-state index is 13.9. The van der Waals surface area contributed by atoms with Crippen molar-refractivity contribution in [2.75, 3.05) is 19.5 Å². The van der Waals surface area contributed by atoms with Gasteiger partial charge in [0.2, 0.25) is 0 Å². The average molecular weight is 360 g/mol. The molecule has 136 valence electrons. The minimum absolute atomic E-state index is 0.00792. The number of nitrogens with one attached hydrogen (secondary N) is 2. The Morgan fingerprint density at radius 1 is 1.19 bits per heavy atom. The standard InChI is InChI=1S/C18H17FN2O5/c1-25-13-6-3-9(7-14(13)26-2)16(18(23)24)21-12-5-4-11(19)15-10(12)8-20-17(15)22/h3-8,16,20-22H,1-2H3,(H,23,24). The summed E-state index contributed by atoms with van der Waals surface area (Å²) >= 11 is 0. The van der Waals surface area contributed by atoms with Gasteiger partial charge in [-0.15, -0.1) is 0 Å². The van der Waals surface area contributed by atoms with Gasteiger partial charge in [0.05, 0.1) is 19.6 Å². The third-order valence-corrected chi connectivity index (χ3v) is 4.07. The molecule has 1 atom stereocenters. The molecule has 1 aromatic heterocycles. The van der Waals surface area contributed by atoms with Crippen molar-refractivity contribution in [1.82, 2.24) is 4.98 Å². The SMILES string of the molecule is COc1ccc(C(Nc2ccc(F)c3c(O)[nH]cc23)C(=O)O)cc1OC. The summed E-state index contributed by atoms with van der Waals surface area (Å²) < 4.78 is 24.3. The van der Waals surface area contributed by atoms with Crippen molar-refractivity contribution in [3.63, 3.8) is 0 Å². The van der Waals surface area contributed by atoms with Crippen LogP contribution in [0.4, 0.5) is 10.1 Å². The number of aromatic amines is 1. The normalized spacial score (nSPS) is 12.0. The molecule has 0 fully saturated rings. The second-order valence-corrected chi connectivity index (χ2v) is 5.55. The Balaban J connectivity index is 2.03. The Kier molecular flexibility index (Phi) is 4.57. The summed E-state index contributed by atoms with van der Waals surface area (Å²) in [6.45, 7) is 0. The molecule has 7 nitrogen and oxygen atoms in total. The number of carbonyl (C=O) groups is 1. The van der Waals surface area contributed by atoms with Gasteiger partial charge in [0.25, 0.3) is 0 Å². The Bertz CT molecular complexity index is 970. The number of fused-ring (bicyclic) bond motifs is 1. The third kappa shape index (κ3) is 2.97. The molecule has 1 unspecified atom stereocenters. The summed E-state index contributed by atoms with van der Waals surface area (Å²) in [7, 11) is 2.94. The number of aromatic nitrogens is 1. The quantitative estimate of drug-likeness (QED) is 0.538. The van der Waals surface area contributed by atoms with Crippen LogP contribution in [0.3, 0.4) is 0 Å². The summed E-state index contributed by atoms with van der Waals surface area (Å²) in [6.07, 6.45) is 1.41. The number of methoxy groups -OCH3 is 2. The van der Waals surface area contributed by atoms with Gasteiger partial charge < -0.3 is 30.0 Å². The van der Waals surface area contributed by atoms with E-state index < -0.39 is 17.8 Å². The number of carboxylic acid groups (broad SMARTS) is 1. The largest absolute Gasteiger partial charge is 0.494 e. The van der Waals surface area contributed by atoms with E-state index in [1.165, 1.54) is 26.5 Å². The molecule has 8 heteroatoms.